The van der Waals surface area contributed by atoms with Gasteiger partial charge in [-0.2, -0.15) is 0 Å². The average molecular weight is 436 g/mol. The molecule has 26 heavy (non-hydrogen) atoms. The second-order valence-corrected chi connectivity index (χ2v) is 8.05. The minimum atomic E-state index is -2.04. The SMILES string of the molecule is C=CC1=CCC2(Cl)C(=O)C(Cl)=C(Cl)C(=O)C2(Cl)C1c1ccc(O)c(F)c1. The molecule has 3 atom stereocenters. The topological polar surface area (TPSA) is 54.4 Å². The molecule has 0 radical (unpaired) electrons. The molecule has 0 bridgehead atoms. The predicted octanol–water partition coefficient (Wildman–Crippen LogP) is 4.93. The number of phenolic OH excluding ortho intramolecular Hbond substituents is 1. The monoisotopic (exact) mass is 434 g/mol. The third kappa shape index (κ3) is 2.40. The van der Waals surface area contributed by atoms with E-state index in [1.165, 1.54) is 12.1 Å². The van der Waals surface area contributed by atoms with Gasteiger partial charge in [-0.25, -0.2) is 4.39 Å². The lowest BCUT2D eigenvalue weighted by Gasteiger charge is -2.49. The van der Waals surface area contributed by atoms with Crippen LogP contribution in [0.15, 0.2) is 52.6 Å². The lowest BCUT2D eigenvalue weighted by Crippen LogP contribution is -2.64. The number of carbonyl (C=O) groups excluding carboxylic acids is 2. The molecule has 1 aromatic rings. The minimum Gasteiger partial charge on any atom is -0.505 e. The van der Waals surface area contributed by atoms with E-state index in [1.807, 2.05) is 0 Å². The molecule has 0 heterocycles. The quantitative estimate of drug-likeness (QED) is 0.670. The van der Waals surface area contributed by atoms with Crippen LogP contribution in [-0.2, 0) is 9.59 Å². The highest BCUT2D eigenvalue weighted by Gasteiger charge is 2.68. The first-order valence-electron chi connectivity index (χ1n) is 7.43. The van der Waals surface area contributed by atoms with E-state index >= 15 is 0 Å². The number of ketones is 2. The summed E-state index contributed by atoms with van der Waals surface area (Å²) in [4.78, 5) is 21.8. The zero-order chi connectivity index (χ0) is 19.4. The molecule has 0 aliphatic heterocycles. The van der Waals surface area contributed by atoms with Crippen LogP contribution in [0, 0.1) is 5.82 Å². The minimum absolute atomic E-state index is 0.0819. The molecule has 1 N–H and O–H groups in total. The molecule has 0 fully saturated rings. The van der Waals surface area contributed by atoms with Crippen molar-refractivity contribution in [1.29, 1.82) is 0 Å². The maximum Gasteiger partial charge on any atom is 0.199 e. The van der Waals surface area contributed by atoms with E-state index in [0.29, 0.717) is 5.57 Å². The van der Waals surface area contributed by atoms with Crippen molar-refractivity contribution < 1.29 is 19.1 Å². The van der Waals surface area contributed by atoms with E-state index in [0.717, 1.165) is 12.1 Å². The Morgan fingerprint density at radius 1 is 1.19 bits per heavy atom. The molecule has 0 saturated carbocycles. The highest BCUT2D eigenvalue weighted by Crippen LogP contribution is 2.59. The van der Waals surface area contributed by atoms with Gasteiger partial charge in [0.1, 0.15) is 19.8 Å². The third-order valence-corrected chi connectivity index (χ3v) is 7.00. The molecule has 0 spiro atoms. The number of hydrogen-bond acceptors (Lipinski definition) is 3. The number of aromatic hydroxyl groups is 1. The first-order chi connectivity index (χ1) is 12.1. The fourth-order valence-corrected chi connectivity index (χ4v) is 4.87. The van der Waals surface area contributed by atoms with E-state index in [2.05, 4.69) is 6.58 Å². The summed E-state index contributed by atoms with van der Waals surface area (Å²) < 4.78 is 13.9. The van der Waals surface area contributed by atoms with E-state index < -0.39 is 48.9 Å². The Hall–Kier alpha value is -1.33. The van der Waals surface area contributed by atoms with Gasteiger partial charge in [-0.05, 0) is 29.7 Å². The lowest BCUT2D eigenvalue weighted by atomic mass is 9.62. The number of alkyl halides is 2. The van der Waals surface area contributed by atoms with Crippen LogP contribution >= 0.6 is 46.4 Å². The van der Waals surface area contributed by atoms with E-state index in [1.54, 1.807) is 6.08 Å². The van der Waals surface area contributed by atoms with E-state index in [9.17, 15) is 19.1 Å². The van der Waals surface area contributed by atoms with Crippen molar-refractivity contribution in [2.24, 2.45) is 0 Å². The van der Waals surface area contributed by atoms with Crippen molar-refractivity contribution in [3.63, 3.8) is 0 Å². The first-order valence-corrected chi connectivity index (χ1v) is 8.94. The second kappa shape index (κ2) is 6.38. The highest BCUT2D eigenvalue weighted by molar-refractivity contribution is 6.66. The van der Waals surface area contributed by atoms with Crippen molar-refractivity contribution in [3.8, 4) is 5.75 Å². The van der Waals surface area contributed by atoms with Gasteiger partial charge >= 0.3 is 0 Å². The molecule has 0 amide bonds. The van der Waals surface area contributed by atoms with E-state index in [4.69, 9.17) is 46.4 Å². The van der Waals surface area contributed by atoms with Crippen LogP contribution < -0.4 is 0 Å². The van der Waals surface area contributed by atoms with Crippen molar-refractivity contribution in [2.75, 3.05) is 0 Å². The fraction of sp³-hybridized carbons (Fsp3) is 0.222. The first kappa shape index (κ1) is 19.4. The summed E-state index contributed by atoms with van der Waals surface area (Å²) in [6, 6.07) is 3.53. The van der Waals surface area contributed by atoms with Gasteiger partial charge in [0.05, 0.1) is 0 Å². The fourth-order valence-electron chi connectivity index (χ4n) is 3.41. The summed E-state index contributed by atoms with van der Waals surface area (Å²) in [5.74, 6) is -4.11. The van der Waals surface area contributed by atoms with Gasteiger partial charge in [0, 0.05) is 5.92 Å². The standard InChI is InChI=1S/C18H11Cl4FO3/c1-2-8-5-6-17(21)15(25)13(19)14(20)16(26)18(17,22)12(8)9-3-4-11(24)10(23)7-9/h2-5,7,12,24H,1,6H2. The third-order valence-electron chi connectivity index (χ3n) is 4.75. The molecule has 3 nitrogen and oxygen atoms in total. The van der Waals surface area contributed by atoms with Crippen LogP contribution in [0.2, 0.25) is 0 Å². The van der Waals surface area contributed by atoms with Crippen LogP contribution in [-0.4, -0.2) is 26.4 Å². The van der Waals surface area contributed by atoms with Gasteiger partial charge in [0.15, 0.2) is 23.1 Å². The molecular weight excluding hydrogens is 425 g/mol. The lowest BCUT2D eigenvalue weighted by molar-refractivity contribution is -0.127. The van der Waals surface area contributed by atoms with Crippen molar-refractivity contribution >= 4 is 58.0 Å². The summed E-state index contributed by atoms with van der Waals surface area (Å²) in [5.41, 5.74) is 0.708. The number of halogens is 5. The van der Waals surface area contributed by atoms with E-state index in [-0.39, 0.29) is 12.0 Å². The Balaban J connectivity index is 2.34. The summed E-state index contributed by atoms with van der Waals surface area (Å²) >= 11 is 25.1. The zero-order valence-electron chi connectivity index (χ0n) is 13.0. The van der Waals surface area contributed by atoms with Gasteiger partial charge in [0.2, 0.25) is 0 Å². The normalized spacial score (nSPS) is 31.6. The Labute approximate surface area is 168 Å². The van der Waals surface area contributed by atoms with Gasteiger partial charge in [-0.15, -0.1) is 23.2 Å². The highest BCUT2D eigenvalue weighted by atomic mass is 35.5. The number of carbonyl (C=O) groups is 2. The number of rotatable bonds is 2. The molecule has 0 saturated heterocycles. The van der Waals surface area contributed by atoms with Crippen LogP contribution in [0.25, 0.3) is 0 Å². The molecule has 2 aliphatic rings. The summed E-state index contributed by atoms with van der Waals surface area (Å²) in [7, 11) is 0. The van der Waals surface area contributed by atoms with Gasteiger partial charge in [-0.1, -0.05) is 48.0 Å². The maximum absolute atomic E-state index is 13.9. The molecule has 0 aromatic heterocycles. The predicted molar refractivity (Wildman–Crippen MR) is 99.6 cm³/mol. The number of hydrogen-bond donors (Lipinski definition) is 1. The number of Topliss-reactive ketones (excluding diaryl/α,β-unsaturated/α-hetero) is 2. The second-order valence-electron chi connectivity index (χ2n) is 6.06. The van der Waals surface area contributed by atoms with Crippen LogP contribution in [0.4, 0.5) is 4.39 Å². The Bertz CT molecular complexity index is 923. The molecule has 8 heteroatoms. The summed E-state index contributed by atoms with van der Waals surface area (Å²) in [6.07, 6.45) is 2.97. The maximum atomic E-state index is 13.9. The average Bonchev–Trinajstić information content (AvgIpc) is 2.62. The molecular formula is C18H11Cl4FO3. The van der Waals surface area contributed by atoms with Crippen molar-refractivity contribution in [1.82, 2.24) is 0 Å². The Kier molecular flexibility index (Phi) is 4.77. The summed E-state index contributed by atoms with van der Waals surface area (Å²) in [5, 5.41) is 8.45. The zero-order valence-corrected chi connectivity index (χ0v) is 16.1. The number of benzene rings is 1. The molecule has 1 aromatic carbocycles. The van der Waals surface area contributed by atoms with Crippen LogP contribution in [0.5, 0.6) is 5.75 Å². The van der Waals surface area contributed by atoms with Gasteiger partial charge < -0.3 is 5.11 Å². The number of phenols is 1. The Morgan fingerprint density at radius 2 is 1.81 bits per heavy atom. The molecule has 2 aliphatic carbocycles. The van der Waals surface area contributed by atoms with Crippen LogP contribution in [0.3, 0.4) is 0 Å². The van der Waals surface area contributed by atoms with Gasteiger partial charge in [-0.3, -0.25) is 9.59 Å². The molecule has 3 unspecified atom stereocenters. The molecule has 3 rings (SSSR count). The summed E-state index contributed by atoms with van der Waals surface area (Å²) in [6.45, 7) is 3.69. The smallest absolute Gasteiger partial charge is 0.199 e. The van der Waals surface area contributed by atoms with Crippen molar-refractivity contribution in [2.45, 2.75) is 22.1 Å². The van der Waals surface area contributed by atoms with Crippen LogP contribution in [0.1, 0.15) is 17.9 Å². The Morgan fingerprint density at radius 3 is 2.38 bits per heavy atom. The van der Waals surface area contributed by atoms with Gasteiger partial charge in [0.25, 0.3) is 0 Å². The van der Waals surface area contributed by atoms with Crippen molar-refractivity contribution in [3.05, 3.63) is 63.9 Å². The largest absolute Gasteiger partial charge is 0.505 e. The molecule has 136 valence electrons. The number of fused-ring (bicyclic) bond motifs is 1. The number of allylic oxidation sites excluding steroid dienone is 5.